The monoisotopic (exact) mass is 148 g/mol. The van der Waals surface area contributed by atoms with Gasteiger partial charge in [-0.3, -0.25) is 4.79 Å². The molecule has 0 aliphatic heterocycles. The first kappa shape index (κ1) is 6.72. The summed E-state index contributed by atoms with van der Waals surface area (Å²) in [6, 6.07) is 0. The fraction of sp³-hybridized carbons (Fsp3) is 0.333. The average Bonchev–Trinajstić information content (AvgIpc) is 2.34. The van der Waals surface area contributed by atoms with Crippen molar-refractivity contribution in [1.82, 2.24) is 20.2 Å². The first-order chi connectivity index (χ1) is 4.74. The smallest absolute Gasteiger partial charge is 0.294 e. The Morgan fingerprint density at radius 1 is 1.60 bits per heavy atom. The molecular formula is C3H2F2N4O. The van der Waals surface area contributed by atoms with Crippen LogP contribution in [0.4, 0.5) is 8.78 Å². The van der Waals surface area contributed by atoms with Crippen molar-refractivity contribution in [3.05, 3.63) is 5.82 Å². The van der Waals surface area contributed by atoms with Crippen molar-refractivity contribution in [2.45, 2.75) is 6.55 Å². The van der Waals surface area contributed by atoms with Crippen molar-refractivity contribution in [3.63, 3.8) is 0 Å². The minimum Gasteiger partial charge on any atom is -0.294 e. The molecule has 10 heavy (non-hydrogen) atoms. The number of aldehydes is 1. The number of halogens is 2. The number of carbonyl (C=O) groups is 1. The molecule has 1 heterocycles. The van der Waals surface area contributed by atoms with Crippen LogP contribution in [-0.2, 0) is 0 Å². The number of carbonyl (C=O) groups excluding carboxylic acids is 1. The van der Waals surface area contributed by atoms with Gasteiger partial charge in [0.05, 0.1) is 0 Å². The van der Waals surface area contributed by atoms with E-state index in [2.05, 4.69) is 15.4 Å². The Kier molecular flexibility index (Phi) is 1.65. The van der Waals surface area contributed by atoms with Crippen LogP contribution >= 0.6 is 0 Å². The topological polar surface area (TPSA) is 60.7 Å². The van der Waals surface area contributed by atoms with Gasteiger partial charge in [0, 0.05) is 0 Å². The van der Waals surface area contributed by atoms with Crippen molar-refractivity contribution in [2.24, 2.45) is 0 Å². The summed E-state index contributed by atoms with van der Waals surface area (Å²) in [5.41, 5.74) is 0. The fourth-order valence-corrected chi connectivity index (χ4v) is 0.366. The average molecular weight is 148 g/mol. The van der Waals surface area contributed by atoms with E-state index in [4.69, 9.17) is 0 Å². The summed E-state index contributed by atoms with van der Waals surface area (Å²) < 4.78 is 23.2. The van der Waals surface area contributed by atoms with E-state index >= 15 is 0 Å². The van der Waals surface area contributed by atoms with Crippen molar-refractivity contribution < 1.29 is 13.6 Å². The molecule has 1 aromatic heterocycles. The number of tetrazole rings is 1. The SMILES string of the molecule is O=Cc1nnn(C(F)F)n1. The highest BCUT2D eigenvalue weighted by Crippen LogP contribution is 2.02. The Balaban J connectivity index is 2.88. The van der Waals surface area contributed by atoms with Gasteiger partial charge in [0.25, 0.3) is 0 Å². The minimum atomic E-state index is -2.85. The maximum Gasteiger partial charge on any atom is 0.350 e. The maximum absolute atomic E-state index is 11.6. The summed E-state index contributed by atoms with van der Waals surface area (Å²) in [5.74, 6) is -0.347. The van der Waals surface area contributed by atoms with Gasteiger partial charge in [0.2, 0.25) is 5.82 Å². The lowest BCUT2D eigenvalue weighted by molar-refractivity contribution is 0.0395. The number of aromatic nitrogens is 4. The maximum atomic E-state index is 11.6. The van der Waals surface area contributed by atoms with Crippen LogP contribution < -0.4 is 0 Å². The lowest BCUT2D eigenvalue weighted by atomic mass is 10.7. The van der Waals surface area contributed by atoms with Gasteiger partial charge in [0.1, 0.15) is 0 Å². The Morgan fingerprint density at radius 3 is 2.60 bits per heavy atom. The Morgan fingerprint density at radius 2 is 2.30 bits per heavy atom. The molecule has 0 saturated heterocycles. The summed E-state index contributed by atoms with van der Waals surface area (Å²) in [6.45, 7) is -2.85. The van der Waals surface area contributed by atoms with E-state index in [1.165, 1.54) is 0 Å². The molecule has 0 fully saturated rings. The molecule has 0 atom stereocenters. The summed E-state index contributed by atoms with van der Waals surface area (Å²) in [6.07, 6.45) is 0.242. The van der Waals surface area contributed by atoms with Gasteiger partial charge in [-0.05, 0) is 5.21 Å². The van der Waals surface area contributed by atoms with Gasteiger partial charge < -0.3 is 0 Å². The summed E-state index contributed by atoms with van der Waals surface area (Å²) in [7, 11) is 0. The molecule has 7 heteroatoms. The molecule has 0 bridgehead atoms. The second-order valence-electron chi connectivity index (χ2n) is 1.36. The van der Waals surface area contributed by atoms with Crippen molar-refractivity contribution in [1.29, 1.82) is 0 Å². The third-order valence-electron chi connectivity index (χ3n) is 0.724. The van der Waals surface area contributed by atoms with Crippen LogP contribution in [0.2, 0.25) is 0 Å². The molecule has 54 valence electrons. The van der Waals surface area contributed by atoms with E-state index in [0.29, 0.717) is 0 Å². The minimum absolute atomic E-state index is 0.0593. The predicted molar refractivity (Wildman–Crippen MR) is 24.5 cm³/mol. The highest BCUT2D eigenvalue weighted by Gasteiger charge is 2.09. The second kappa shape index (κ2) is 2.46. The zero-order valence-corrected chi connectivity index (χ0v) is 4.61. The summed E-state index contributed by atoms with van der Waals surface area (Å²) in [4.78, 5) is 9.88. The molecule has 0 N–H and O–H groups in total. The molecule has 0 unspecified atom stereocenters. The van der Waals surface area contributed by atoms with E-state index in [9.17, 15) is 13.6 Å². The molecule has 0 radical (unpaired) electrons. The van der Waals surface area contributed by atoms with E-state index in [1.807, 2.05) is 0 Å². The van der Waals surface area contributed by atoms with Gasteiger partial charge in [-0.2, -0.15) is 8.78 Å². The van der Waals surface area contributed by atoms with E-state index in [0.717, 1.165) is 0 Å². The molecule has 0 aromatic carbocycles. The fourth-order valence-electron chi connectivity index (χ4n) is 0.366. The quantitative estimate of drug-likeness (QED) is 0.548. The van der Waals surface area contributed by atoms with Gasteiger partial charge in [-0.25, -0.2) is 0 Å². The van der Waals surface area contributed by atoms with Crippen LogP contribution in [-0.4, -0.2) is 26.5 Å². The molecule has 1 aromatic rings. The van der Waals surface area contributed by atoms with Crippen molar-refractivity contribution >= 4 is 6.29 Å². The molecular weight excluding hydrogens is 146 g/mol. The number of rotatable bonds is 2. The van der Waals surface area contributed by atoms with Gasteiger partial charge >= 0.3 is 6.55 Å². The molecule has 5 nitrogen and oxygen atoms in total. The third kappa shape index (κ3) is 1.12. The van der Waals surface area contributed by atoms with Crippen LogP contribution in [0, 0.1) is 0 Å². The van der Waals surface area contributed by atoms with Crippen LogP contribution in [0.25, 0.3) is 0 Å². The first-order valence-electron chi connectivity index (χ1n) is 2.27. The second-order valence-corrected chi connectivity index (χ2v) is 1.36. The number of nitrogens with zero attached hydrogens (tertiary/aromatic N) is 4. The van der Waals surface area contributed by atoms with Gasteiger partial charge in [-0.1, -0.05) is 4.80 Å². The zero-order valence-electron chi connectivity index (χ0n) is 4.61. The number of alkyl halides is 2. The van der Waals surface area contributed by atoms with Crippen molar-refractivity contribution in [3.8, 4) is 0 Å². The predicted octanol–water partition coefficient (Wildman–Crippen LogP) is -0.119. The lowest BCUT2D eigenvalue weighted by Gasteiger charge is -1.89. The molecule has 0 aliphatic carbocycles. The number of hydrogen-bond acceptors (Lipinski definition) is 4. The van der Waals surface area contributed by atoms with E-state index < -0.39 is 6.55 Å². The van der Waals surface area contributed by atoms with Crippen LogP contribution in [0.5, 0.6) is 0 Å². The standard InChI is InChI=1S/C3H2F2N4O/c4-3(5)9-7-2(1-10)6-8-9/h1,3H. The third-order valence-corrected chi connectivity index (χ3v) is 0.724. The largest absolute Gasteiger partial charge is 0.350 e. The molecule has 0 saturated carbocycles. The molecule has 0 spiro atoms. The summed E-state index contributed by atoms with van der Waals surface area (Å²) >= 11 is 0. The van der Waals surface area contributed by atoms with Gasteiger partial charge in [0.15, 0.2) is 6.29 Å². The molecule has 0 amide bonds. The van der Waals surface area contributed by atoms with Gasteiger partial charge in [-0.15, -0.1) is 10.2 Å². The zero-order chi connectivity index (χ0) is 7.56. The highest BCUT2D eigenvalue weighted by molar-refractivity contribution is 5.67. The van der Waals surface area contributed by atoms with E-state index in [-0.39, 0.29) is 16.9 Å². The van der Waals surface area contributed by atoms with E-state index in [1.54, 1.807) is 0 Å². The Bertz CT molecular complexity index is 234. The first-order valence-corrected chi connectivity index (χ1v) is 2.27. The summed E-state index contributed by atoms with van der Waals surface area (Å²) in [5, 5.41) is 8.88. The van der Waals surface area contributed by atoms with Crippen molar-refractivity contribution in [2.75, 3.05) is 0 Å². The van der Waals surface area contributed by atoms with Crippen LogP contribution in [0.1, 0.15) is 17.2 Å². The normalized spacial score (nSPS) is 10.3. The van der Waals surface area contributed by atoms with Crippen LogP contribution in [0.3, 0.4) is 0 Å². The molecule has 1 rings (SSSR count). The number of hydrogen-bond donors (Lipinski definition) is 0. The highest BCUT2D eigenvalue weighted by atomic mass is 19.3. The lowest BCUT2D eigenvalue weighted by Crippen LogP contribution is -2.02. The molecule has 0 aliphatic rings. The van der Waals surface area contributed by atoms with Crippen LogP contribution in [0.15, 0.2) is 0 Å². The Hall–Kier alpha value is -1.40. The Labute approximate surface area is 53.6 Å².